The fraction of sp³-hybridized carbons (Fsp3) is 0.158. The van der Waals surface area contributed by atoms with Gasteiger partial charge in [-0.1, -0.05) is 58.3 Å². The summed E-state index contributed by atoms with van der Waals surface area (Å²) in [5.74, 6) is -0.113. The average Bonchev–Trinajstić information content (AvgIpc) is 3.27. The van der Waals surface area contributed by atoms with Gasteiger partial charge in [-0.2, -0.15) is 0 Å². The minimum absolute atomic E-state index is 0.113. The molecule has 2 heterocycles. The van der Waals surface area contributed by atoms with Gasteiger partial charge in [-0.05, 0) is 42.6 Å². The van der Waals surface area contributed by atoms with Gasteiger partial charge in [0.15, 0.2) is 5.13 Å². The number of carbonyl (C=O) groups excluding carboxylic acids is 1. The molecule has 0 saturated carbocycles. The Hall–Kier alpha value is -2.64. The zero-order valence-electron chi connectivity index (χ0n) is 14.3. The molecular formula is C19H16N4OS2. The Balaban J connectivity index is 1.80. The van der Waals surface area contributed by atoms with E-state index in [0.717, 1.165) is 32.9 Å². The molecule has 4 aromatic rings. The third-order valence-corrected chi connectivity index (χ3v) is 5.97. The molecule has 2 aromatic carbocycles. The van der Waals surface area contributed by atoms with Crippen LogP contribution in [0.2, 0.25) is 0 Å². The van der Waals surface area contributed by atoms with Crippen LogP contribution in [0, 0.1) is 13.8 Å². The van der Waals surface area contributed by atoms with E-state index in [1.54, 1.807) is 11.8 Å². The van der Waals surface area contributed by atoms with E-state index in [1.165, 1.54) is 11.3 Å². The van der Waals surface area contributed by atoms with Crippen molar-refractivity contribution in [2.75, 3.05) is 4.90 Å². The predicted molar refractivity (Wildman–Crippen MR) is 106 cm³/mol. The highest BCUT2D eigenvalue weighted by Gasteiger charge is 2.25. The normalized spacial score (nSPS) is 11.0. The van der Waals surface area contributed by atoms with Gasteiger partial charge >= 0.3 is 0 Å². The van der Waals surface area contributed by atoms with Crippen molar-refractivity contribution in [2.24, 2.45) is 0 Å². The molecule has 5 nitrogen and oxygen atoms in total. The number of aromatic nitrogens is 3. The molecule has 0 aliphatic rings. The number of nitrogens with zero attached hydrogens (tertiary/aromatic N) is 4. The van der Waals surface area contributed by atoms with Crippen molar-refractivity contribution in [1.29, 1.82) is 0 Å². The number of amides is 1. The lowest BCUT2D eigenvalue weighted by atomic mass is 10.2. The molecule has 0 bridgehead atoms. The van der Waals surface area contributed by atoms with Crippen LogP contribution >= 0.6 is 22.9 Å². The highest BCUT2D eigenvalue weighted by molar-refractivity contribution is 7.22. The van der Waals surface area contributed by atoms with Gasteiger partial charge in [0.05, 0.1) is 22.5 Å². The molecule has 0 saturated heterocycles. The summed E-state index contributed by atoms with van der Waals surface area (Å²) < 4.78 is 4.98. The molecule has 0 atom stereocenters. The molecule has 130 valence electrons. The van der Waals surface area contributed by atoms with E-state index in [0.29, 0.717) is 22.2 Å². The Morgan fingerprint density at radius 1 is 1.08 bits per heavy atom. The van der Waals surface area contributed by atoms with Crippen LogP contribution < -0.4 is 4.90 Å². The Morgan fingerprint density at radius 3 is 2.58 bits per heavy atom. The molecule has 26 heavy (non-hydrogen) atoms. The van der Waals surface area contributed by atoms with Crippen LogP contribution in [-0.2, 0) is 6.54 Å². The number of fused-ring (bicyclic) bond motifs is 1. The van der Waals surface area contributed by atoms with Gasteiger partial charge in [-0.15, -0.1) is 5.10 Å². The maximum absolute atomic E-state index is 13.2. The van der Waals surface area contributed by atoms with Gasteiger partial charge in [-0.3, -0.25) is 9.69 Å². The van der Waals surface area contributed by atoms with Gasteiger partial charge < -0.3 is 0 Å². The number of hydrogen-bond acceptors (Lipinski definition) is 6. The summed E-state index contributed by atoms with van der Waals surface area (Å²) in [6.07, 6.45) is 0. The zero-order chi connectivity index (χ0) is 18.1. The number of carbonyl (C=O) groups is 1. The number of anilines is 1. The van der Waals surface area contributed by atoms with Gasteiger partial charge in [0, 0.05) is 0 Å². The van der Waals surface area contributed by atoms with Crippen molar-refractivity contribution in [2.45, 2.75) is 20.4 Å². The summed E-state index contributed by atoms with van der Waals surface area (Å²) in [5.41, 5.74) is 3.74. The zero-order valence-corrected chi connectivity index (χ0v) is 16.0. The smallest absolute Gasteiger partial charge is 0.274 e. The lowest BCUT2D eigenvalue weighted by Crippen LogP contribution is -2.30. The first-order valence-electron chi connectivity index (χ1n) is 8.14. The number of hydrogen-bond donors (Lipinski definition) is 0. The van der Waals surface area contributed by atoms with Gasteiger partial charge in [0.1, 0.15) is 4.88 Å². The molecule has 7 heteroatoms. The molecule has 4 rings (SSSR count). The van der Waals surface area contributed by atoms with Crippen LogP contribution in [0.25, 0.3) is 10.2 Å². The highest BCUT2D eigenvalue weighted by Crippen LogP contribution is 2.32. The van der Waals surface area contributed by atoms with Crippen molar-refractivity contribution in [3.63, 3.8) is 0 Å². The Labute approximate surface area is 159 Å². The molecule has 0 radical (unpaired) electrons. The predicted octanol–water partition coefficient (Wildman–Crippen LogP) is 4.61. The summed E-state index contributed by atoms with van der Waals surface area (Å²) in [5, 5.41) is 4.67. The highest BCUT2D eigenvalue weighted by atomic mass is 32.1. The number of benzene rings is 2. The van der Waals surface area contributed by atoms with Crippen LogP contribution in [0.3, 0.4) is 0 Å². The summed E-state index contributed by atoms with van der Waals surface area (Å²) in [6.45, 7) is 4.29. The molecule has 0 N–H and O–H groups in total. The SMILES string of the molecule is Cc1nnsc1C(=O)N(Cc1ccccc1)c1nc2c(C)cccc2s1. The topological polar surface area (TPSA) is 59.0 Å². The minimum atomic E-state index is -0.113. The van der Waals surface area contributed by atoms with E-state index in [2.05, 4.69) is 9.59 Å². The Bertz CT molecular complexity index is 1070. The lowest BCUT2D eigenvalue weighted by Gasteiger charge is -2.19. The first-order valence-corrected chi connectivity index (χ1v) is 9.73. The number of rotatable bonds is 4. The third-order valence-electron chi connectivity index (χ3n) is 4.11. The second-order valence-corrected chi connectivity index (χ2v) is 7.75. The fourth-order valence-electron chi connectivity index (χ4n) is 2.73. The van der Waals surface area contributed by atoms with Gasteiger partial charge in [-0.25, -0.2) is 4.98 Å². The number of aryl methyl sites for hydroxylation is 2. The second kappa shape index (κ2) is 6.93. The molecule has 0 aliphatic carbocycles. The van der Waals surface area contributed by atoms with Gasteiger partial charge in [0.2, 0.25) is 0 Å². The molecule has 0 aliphatic heterocycles. The first kappa shape index (κ1) is 16.8. The summed E-state index contributed by atoms with van der Waals surface area (Å²) in [7, 11) is 0. The first-order chi connectivity index (χ1) is 12.6. The van der Waals surface area contributed by atoms with E-state index in [4.69, 9.17) is 4.98 Å². The van der Waals surface area contributed by atoms with Crippen molar-refractivity contribution >= 4 is 44.1 Å². The minimum Gasteiger partial charge on any atom is -0.279 e. The molecule has 0 unspecified atom stereocenters. The molecular weight excluding hydrogens is 364 g/mol. The maximum atomic E-state index is 13.2. The number of para-hydroxylation sites is 1. The van der Waals surface area contributed by atoms with E-state index in [-0.39, 0.29) is 5.91 Å². The average molecular weight is 380 g/mol. The van der Waals surface area contributed by atoms with Crippen LogP contribution in [0.1, 0.15) is 26.5 Å². The van der Waals surface area contributed by atoms with E-state index in [1.807, 2.05) is 55.5 Å². The van der Waals surface area contributed by atoms with Crippen LogP contribution in [0.5, 0.6) is 0 Å². The number of thiazole rings is 1. The van der Waals surface area contributed by atoms with Crippen molar-refractivity contribution in [3.8, 4) is 0 Å². The van der Waals surface area contributed by atoms with Gasteiger partial charge in [0.25, 0.3) is 5.91 Å². The van der Waals surface area contributed by atoms with Crippen molar-refractivity contribution < 1.29 is 4.79 Å². The van der Waals surface area contributed by atoms with Crippen molar-refractivity contribution in [3.05, 3.63) is 70.2 Å². The monoisotopic (exact) mass is 380 g/mol. The Kier molecular flexibility index (Phi) is 4.48. The van der Waals surface area contributed by atoms with Crippen LogP contribution in [-0.4, -0.2) is 20.5 Å². The van der Waals surface area contributed by atoms with Crippen LogP contribution in [0.15, 0.2) is 48.5 Å². The summed E-state index contributed by atoms with van der Waals surface area (Å²) >= 11 is 2.65. The van der Waals surface area contributed by atoms with Crippen molar-refractivity contribution in [1.82, 2.24) is 14.6 Å². The molecule has 0 spiro atoms. The molecule has 2 aromatic heterocycles. The fourth-order valence-corrected chi connectivity index (χ4v) is 4.38. The second-order valence-electron chi connectivity index (χ2n) is 5.98. The molecule has 1 amide bonds. The molecule has 0 fully saturated rings. The standard InChI is InChI=1S/C19H16N4OS2/c1-12-7-6-10-15-16(12)20-19(25-15)23(11-14-8-4-3-5-9-14)18(24)17-13(2)21-22-26-17/h3-10H,11H2,1-2H3. The maximum Gasteiger partial charge on any atom is 0.274 e. The van der Waals surface area contributed by atoms with E-state index >= 15 is 0 Å². The summed E-state index contributed by atoms with van der Waals surface area (Å²) in [4.78, 5) is 20.2. The lowest BCUT2D eigenvalue weighted by molar-refractivity contribution is 0.0988. The summed E-state index contributed by atoms with van der Waals surface area (Å²) in [6, 6.07) is 16.0. The van der Waals surface area contributed by atoms with E-state index in [9.17, 15) is 4.79 Å². The largest absolute Gasteiger partial charge is 0.279 e. The third kappa shape index (κ3) is 3.11. The van der Waals surface area contributed by atoms with Crippen LogP contribution in [0.4, 0.5) is 5.13 Å². The van der Waals surface area contributed by atoms with E-state index < -0.39 is 0 Å². The Morgan fingerprint density at radius 2 is 1.88 bits per heavy atom. The quantitative estimate of drug-likeness (QED) is 0.519.